The Morgan fingerprint density at radius 2 is 2.14 bits per heavy atom. The Hall–Kier alpha value is -1.11. The minimum atomic E-state index is 0.183. The highest BCUT2D eigenvalue weighted by molar-refractivity contribution is 5.81. The number of rotatable bonds is 3. The Morgan fingerprint density at radius 3 is 2.79 bits per heavy atom. The molecule has 0 radical (unpaired) electrons. The molecule has 0 fully saturated rings. The van der Waals surface area contributed by atoms with Crippen molar-refractivity contribution in [2.45, 2.75) is 32.6 Å². The van der Waals surface area contributed by atoms with Crippen LogP contribution in [-0.2, 0) is 11.2 Å². The van der Waals surface area contributed by atoms with Crippen LogP contribution in [0.4, 0.5) is 0 Å². The fourth-order valence-electron chi connectivity index (χ4n) is 2.02. The molecule has 1 aromatic rings. The number of fused-ring (bicyclic) bond motifs is 1. The molecule has 0 aliphatic heterocycles. The highest BCUT2D eigenvalue weighted by Gasteiger charge is 2.27. The van der Waals surface area contributed by atoms with Gasteiger partial charge < -0.3 is 0 Å². The predicted octanol–water partition coefficient (Wildman–Crippen LogP) is 2.94. The molecule has 0 saturated carbocycles. The summed E-state index contributed by atoms with van der Waals surface area (Å²) >= 11 is 0. The number of Topliss-reactive ketones (excluding diaryl/α,β-unsaturated/α-hetero) is 1. The summed E-state index contributed by atoms with van der Waals surface area (Å²) in [5.41, 5.74) is 2.82. The zero-order chi connectivity index (χ0) is 10.1. The molecule has 0 saturated heterocycles. The Balaban J connectivity index is 2.03. The van der Waals surface area contributed by atoms with E-state index in [9.17, 15) is 4.79 Å². The molecular weight excluding hydrogens is 172 g/mol. The fourth-order valence-corrected chi connectivity index (χ4v) is 2.02. The van der Waals surface area contributed by atoms with Crippen LogP contribution < -0.4 is 0 Å². The molecule has 1 nitrogen and oxygen atoms in total. The lowest BCUT2D eigenvalue weighted by molar-refractivity contribution is -0.122. The minimum Gasteiger partial charge on any atom is -0.299 e. The van der Waals surface area contributed by atoms with Crippen molar-refractivity contribution in [3.8, 4) is 0 Å². The zero-order valence-corrected chi connectivity index (χ0v) is 8.79. The van der Waals surface area contributed by atoms with Gasteiger partial charge in [0, 0.05) is 12.3 Å². The summed E-state index contributed by atoms with van der Waals surface area (Å²) in [6.45, 7) is 3.96. The molecule has 0 aromatic heterocycles. The number of hydrogen-bond donors (Lipinski definition) is 0. The molecule has 1 aliphatic carbocycles. The first-order valence-corrected chi connectivity index (χ1v) is 5.29. The SMILES string of the molecule is CC(C)C(=O)CC1Cc2ccccc21. The van der Waals surface area contributed by atoms with Crippen molar-refractivity contribution in [1.29, 1.82) is 0 Å². The highest BCUT2D eigenvalue weighted by Crippen LogP contribution is 2.37. The van der Waals surface area contributed by atoms with E-state index in [0.717, 1.165) is 12.8 Å². The quantitative estimate of drug-likeness (QED) is 0.712. The van der Waals surface area contributed by atoms with Crippen LogP contribution in [0.1, 0.15) is 37.3 Å². The Kier molecular flexibility index (Phi) is 2.40. The Labute approximate surface area is 85.1 Å². The second-order valence-electron chi connectivity index (χ2n) is 4.42. The molecule has 0 amide bonds. The molecule has 0 N–H and O–H groups in total. The summed E-state index contributed by atoms with van der Waals surface area (Å²) in [6, 6.07) is 8.44. The van der Waals surface area contributed by atoms with Crippen molar-refractivity contribution in [3.05, 3.63) is 35.4 Å². The van der Waals surface area contributed by atoms with Gasteiger partial charge in [-0.3, -0.25) is 4.79 Å². The lowest BCUT2D eigenvalue weighted by Gasteiger charge is -2.29. The van der Waals surface area contributed by atoms with Crippen molar-refractivity contribution in [2.24, 2.45) is 5.92 Å². The third kappa shape index (κ3) is 1.59. The summed E-state index contributed by atoms with van der Waals surface area (Å²) in [5.74, 6) is 1.08. The maximum atomic E-state index is 11.6. The standard InChI is InChI=1S/C13H16O/c1-9(2)13(14)8-11-7-10-5-3-4-6-12(10)11/h3-6,9,11H,7-8H2,1-2H3. The van der Waals surface area contributed by atoms with Crippen LogP contribution in [0.2, 0.25) is 0 Å². The van der Waals surface area contributed by atoms with E-state index < -0.39 is 0 Å². The second kappa shape index (κ2) is 3.56. The molecule has 2 rings (SSSR count). The van der Waals surface area contributed by atoms with Gasteiger partial charge in [-0.05, 0) is 23.5 Å². The van der Waals surface area contributed by atoms with Gasteiger partial charge in [0.05, 0.1) is 0 Å². The van der Waals surface area contributed by atoms with Gasteiger partial charge in [0.25, 0.3) is 0 Å². The van der Waals surface area contributed by atoms with Crippen molar-refractivity contribution in [1.82, 2.24) is 0 Å². The van der Waals surface area contributed by atoms with Crippen molar-refractivity contribution in [3.63, 3.8) is 0 Å². The highest BCUT2D eigenvalue weighted by atomic mass is 16.1. The monoisotopic (exact) mass is 188 g/mol. The molecule has 0 bridgehead atoms. The maximum absolute atomic E-state index is 11.6. The molecule has 14 heavy (non-hydrogen) atoms. The second-order valence-corrected chi connectivity index (χ2v) is 4.42. The predicted molar refractivity (Wildman–Crippen MR) is 57.3 cm³/mol. The average Bonchev–Trinajstić information content (AvgIpc) is 2.13. The summed E-state index contributed by atoms with van der Waals surface area (Å²) in [4.78, 5) is 11.6. The molecule has 1 heteroatoms. The van der Waals surface area contributed by atoms with Crippen LogP contribution in [0.5, 0.6) is 0 Å². The number of benzene rings is 1. The number of carbonyl (C=O) groups is 1. The van der Waals surface area contributed by atoms with Crippen molar-refractivity contribution >= 4 is 5.78 Å². The van der Waals surface area contributed by atoms with E-state index in [-0.39, 0.29) is 5.92 Å². The van der Waals surface area contributed by atoms with Crippen molar-refractivity contribution < 1.29 is 4.79 Å². The first kappa shape index (κ1) is 9.45. The summed E-state index contributed by atoms with van der Waals surface area (Å²) < 4.78 is 0. The van der Waals surface area contributed by atoms with Gasteiger partial charge in [-0.2, -0.15) is 0 Å². The first-order valence-electron chi connectivity index (χ1n) is 5.29. The minimum absolute atomic E-state index is 0.183. The smallest absolute Gasteiger partial charge is 0.136 e. The molecule has 1 atom stereocenters. The van der Waals surface area contributed by atoms with E-state index in [4.69, 9.17) is 0 Å². The van der Waals surface area contributed by atoms with E-state index in [1.807, 2.05) is 13.8 Å². The molecule has 0 spiro atoms. The molecular formula is C13H16O. The fraction of sp³-hybridized carbons (Fsp3) is 0.462. The van der Waals surface area contributed by atoms with Gasteiger partial charge in [-0.15, -0.1) is 0 Å². The lowest BCUT2D eigenvalue weighted by Crippen LogP contribution is -2.21. The van der Waals surface area contributed by atoms with Crippen LogP contribution in [0.15, 0.2) is 24.3 Å². The molecule has 1 aliphatic rings. The van der Waals surface area contributed by atoms with Gasteiger partial charge in [-0.25, -0.2) is 0 Å². The zero-order valence-electron chi connectivity index (χ0n) is 8.79. The molecule has 0 heterocycles. The molecule has 1 aromatic carbocycles. The van der Waals surface area contributed by atoms with E-state index in [1.54, 1.807) is 0 Å². The van der Waals surface area contributed by atoms with Crippen molar-refractivity contribution in [2.75, 3.05) is 0 Å². The number of carbonyl (C=O) groups excluding carboxylic acids is 1. The summed E-state index contributed by atoms with van der Waals surface area (Å²) in [6.07, 6.45) is 1.82. The van der Waals surface area contributed by atoms with Gasteiger partial charge in [-0.1, -0.05) is 38.1 Å². The first-order chi connectivity index (χ1) is 6.68. The topological polar surface area (TPSA) is 17.1 Å². The van der Waals surface area contributed by atoms with Crippen LogP contribution >= 0.6 is 0 Å². The van der Waals surface area contributed by atoms with Gasteiger partial charge in [0.1, 0.15) is 5.78 Å². The summed E-state index contributed by atoms with van der Waals surface area (Å²) in [7, 11) is 0. The Morgan fingerprint density at radius 1 is 1.43 bits per heavy atom. The van der Waals surface area contributed by atoms with E-state index in [0.29, 0.717) is 11.7 Å². The summed E-state index contributed by atoms with van der Waals surface area (Å²) in [5, 5.41) is 0. The molecule has 1 unspecified atom stereocenters. The van der Waals surface area contributed by atoms with Crippen LogP contribution in [-0.4, -0.2) is 5.78 Å². The average molecular weight is 188 g/mol. The lowest BCUT2D eigenvalue weighted by atomic mass is 9.74. The van der Waals surface area contributed by atoms with Crippen LogP contribution in [0, 0.1) is 5.92 Å². The van der Waals surface area contributed by atoms with Gasteiger partial charge >= 0.3 is 0 Å². The normalized spacial score (nSPS) is 18.9. The number of hydrogen-bond acceptors (Lipinski definition) is 1. The largest absolute Gasteiger partial charge is 0.299 e. The Bertz CT molecular complexity index is 352. The van der Waals surface area contributed by atoms with Crippen LogP contribution in [0.3, 0.4) is 0 Å². The number of ketones is 1. The molecule has 74 valence electrons. The van der Waals surface area contributed by atoms with Crippen LogP contribution in [0.25, 0.3) is 0 Å². The van der Waals surface area contributed by atoms with E-state index >= 15 is 0 Å². The third-order valence-electron chi connectivity index (χ3n) is 3.05. The van der Waals surface area contributed by atoms with Gasteiger partial charge in [0.2, 0.25) is 0 Å². The van der Waals surface area contributed by atoms with E-state index in [2.05, 4.69) is 24.3 Å². The third-order valence-corrected chi connectivity index (χ3v) is 3.05. The maximum Gasteiger partial charge on any atom is 0.136 e. The van der Waals surface area contributed by atoms with E-state index in [1.165, 1.54) is 11.1 Å². The van der Waals surface area contributed by atoms with Gasteiger partial charge in [0.15, 0.2) is 0 Å².